The summed E-state index contributed by atoms with van der Waals surface area (Å²) in [6.45, 7) is 0.598. The molecule has 8 nitrogen and oxygen atoms in total. The smallest absolute Gasteiger partial charge is 0.265 e. The van der Waals surface area contributed by atoms with E-state index < -0.39 is 20.2 Å². The van der Waals surface area contributed by atoms with Gasteiger partial charge in [-0.3, -0.25) is 4.55 Å². The Morgan fingerprint density at radius 1 is 1.33 bits per heavy atom. The summed E-state index contributed by atoms with van der Waals surface area (Å²) in [4.78, 5) is 0. The Kier molecular flexibility index (Phi) is 6.46. The normalized spacial score (nSPS) is 11.8. The van der Waals surface area contributed by atoms with Crippen molar-refractivity contribution in [2.45, 2.75) is 13.0 Å². The summed E-state index contributed by atoms with van der Waals surface area (Å²) in [5.74, 6) is -0.186. The first-order chi connectivity index (χ1) is 7.97. The van der Waals surface area contributed by atoms with Crippen LogP contribution in [0.25, 0.3) is 0 Å². The lowest BCUT2D eigenvalue weighted by atomic mass is 10.5. The van der Waals surface area contributed by atoms with Gasteiger partial charge < -0.3 is 4.55 Å². The van der Waals surface area contributed by atoms with Gasteiger partial charge in [-0.25, -0.2) is 17.6 Å². The van der Waals surface area contributed by atoms with E-state index >= 15 is 0 Å². The van der Waals surface area contributed by atoms with Gasteiger partial charge in [0.2, 0.25) is 6.33 Å². The molecule has 1 aromatic heterocycles. The molecule has 0 aliphatic heterocycles. The molecular weight excluding hydrogens is 284 g/mol. The van der Waals surface area contributed by atoms with Crippen molar-refractivity contribution in [3.8, 4) is 0 Å². The van der Waals surface area contributed by atoms with E-state index in [2.05, 4.69) is 0 Å². The van der Waals surface area contributed by atoms with Crippen LogP contribution in [0.5, 0.6) is 0 Å². The van der Waals surface area contributed by atoms with Gasteiger partial charge in [0.15, 0.2) is 0 Å². The van der Waals surface area contributed by atoms with Crippen LogP contribution in [0.2, 0.25) is 0 Å². The zero-order valence-electron chi connectivity index (χ0n) is 10.1. The summed E-state index contributed by atoms with van der Waals surface area (Å²) < 4.78 is 60.2. The molecule has 0 aliphatic rings. The summed E-state index contributed by atoms with van der Waals surface area (Å²) >= 11 is 0. The summed E-state index contributed by atoms with van der Waals surface area (Å²) in [7, 11) is -5.84. The summed E-state index contributed by atoms with van der Waals surface area (Å²) in [6, 6.07) is 0. The molecule has 106 valence electrons. The predicted octanol–water partition coefficient (Wildman–Crippen LogP) is -1.25. The molecule has 0 saturated carbocycles. The molecule has 1 rings (SSSR count). The van der Waals surface area contributed by atoms with Crippen LogP contribution < -0.4 is 4.57 Å². The van der Waals surface area contributed by atoms with Crippen molar-refractivity contribution in [2.24, 2.45) is 7.05 Å². The minimum absolute atomic E-state index is 0.186. The monoisotopic (exact) mass is 300 g/mol. The Morgan fingerprint density at radius 3 is 2.17 bits per heavy atom. The van der Waals surface area contributed by atoms with E-state index in [1.54, 1.807) is 0 Å². The van der Waals surface area contributed by atoms with Crippen LogP contribution >= 0.6 is 0 Å². The van der Waals surface area contributed by atoms with Gasteiger partial charge in [0.05, 0.1) is 29.5 Å². The molecule has 1 aromatic rings. The molecule has 1 heterocycles. The van der Waals surface area contributed by atoms with Gasteiger partial charge in [-0.05, 0) is 0 Å². The minimum atomic E-state index is -3.92. The molecule has 1 N–H and O–H groups in total. The third-order valence-electron chi connectivity index (χ3n) is 1.64. The Hall–Kier alpha value is -0.970. The number of imidazole rings is 1. The lowest BCUT2D eigenvalue weighted by Crippen LogP contribution is -2.23. The molecule has 0 spiro atoms. The topological polar surface area (TPSA) is 120 Å². The molecule has 0 aliphatic carbocycles. The fourth-order valence-corrected chi connectivity index (χ4v) is 1.56. The highest BCUT2D eigenvalue weighted by Gasteiger charge is 2.06. The molecule has 0 radical (unpaired) electrons. The molecule has 0 saturated heterocycles. The van der Waals surface area contributed by atoms with E-state index in [0.717, 1.165) is 0 Å². The molecule has 0 fully saturated rings. The second kappa shape index (κ2) is 6.83. The fraction of sp³-hybridized carbons (Fsp3) is 0.625. The second-order valence-electron chi connectivity index (χ2n) is 3.66. The van der Waals surface area contributed by atoms with Crippen LogP contribution in [0.15, 0.2) is 18.7 Å². The molecule has 0 aromatic carbocycles. The standard InChI is InChI=1S/C7H12N2O3S.CH4O3S/c1-8-4-5-9(7-8)3-2-6-13(10,11)12;1-5(2,3)4/h4-5,7H,2-3,6H2,1H3;1H3,(H,2,3,4). The van der Waals surface area contributed by atoms with E-state index in [0.29, 0.717) is 19.2 Å². The number of aromatic nitrogens is 2. The first-order valence-electron chi connectivity index (χ1n) is 4.84. The van der Waals surface area contributed by atoms with E-state index in [1.165, 1.54) is 0 Å². The average molecular weight is 300 g/mol. The van der Waals surface area contributed by atoms with Crippen LogP contribution in [0, 0.1) is 0 Å². The van der Waals surface area contributed by atoms with Crippen molar-refractivity contribution in [1.82, 2.24) is 4.57 Å². The maximum atomic E-state index is 10.4. The third kappa shape index (κ3) is 13.1. The van der Waals surface area contributed by atoms with E-state index in [4.69, 9.17) is 17.5 Å². The van der Waals surface area contributed by atoms with Crippen molar-refractivity contribution >= 4 is 20.2 Å². The third-order valence-corrected chi connectivity index (χ3v) is 2.45. The van der Waals surface area contributed by atoms with Crippen molar-refractivity contribution in [2.75, 3.05) is 12.0 Å². The van der Waals surface area contributed by atoms with E-state index in [1.807, 2.05) is 34.9 Å². The van der Waals surface area contributed by atoms with E-state index in [-0.39, 0.29) is 5.75 Å². The van der Waals surface area contributed by atoms with Gasteiger partial charge in [-0.2, -0.15) is 8.42 Å². The lowest BCUT2D eigenvalue weighted by molar-refractivity contribution is -0.671. The largest absolute Gasteiger partial charge is 0.748 e. The van der Waals surface area contributed by atoms with Crippen molar-refractivity contribution in [1.29, 1.82) is 0 Å². The molecule has 10 heteroatoms. The van der Waals surface area contributed by atoms with Crippen molar-refractivity contribution in [3.05, 3.63) is 18.7 Å². The van der Waals surface area contributed by atoms with Gasteiger partial charge in [0.1, 0.15) is 12.4 Å². The van der Waals surface area contributed by atoms with Gasteiger partial charge in [0.25, 0.3) is 10.1 Å². The zero-order valence-corrected chi connectivity index (χ0v) is 11.7. The lowest BCUT2D eigenvalue weighted by Gasteiger charge is -1.94. The highest BCUT2D eigenvalue weighted by atomic mass is 32.2. The number of hydrogen-bond acceptors (Lipinski definition) is 5. The summed E-state index contributed by atoms with van der Waals surface area (Å²) in [6.07, 6.45) is 6.60. The van der Waals surface area contributed by atoms with Crippen LogP contribution in [-0.2, 0) is 33.8 Å². The maximum Gasteiger partial charge on any atom is 0.265 e. The van der Waals surface area contributed by atoms with Crippen molar-refractivity contribution in [3.63, 3.8) is 0 Å². The minimum Gasteiger partial charge on any atom is -0.748 e. The SMILES string of the molecule is CS(=O)(=O)[O-].C[n+]1ccn(CCCS(=O)(=O)O)c1. The molecule has 0 atom stereocenters. The number of rotatable bonds is 4. The number of nitrogens with zero attached hydrogens (tertiary/aromatic N) is 2. The molecule has 0 bridgehead atoms. The highest BCUT2D eigenvalue weighted by Crippen LogP contribution is 1.93. The van der Waals surface area contributed by atoms with Crippen LogP contribution in [0.4, 0.5) is 0 Å². The maximum absolute atomic E-state index is 10.4. The summed E-state index contributed by atoms with van der Waals surface area (Å²) in [5.41, 5.74) is 0. The van der Waals surface area contributed by atoms with Crippen LogP contribution in [0.3, 0.4) is 0 Å². The molecule has 0 unspecified atom stereocenters. The van der Waals surface area contributed by atoms with Crippen LogP contribution in [0.1, 0.15) is 6.42 Å². The quantitative estimate of drug-likeness (QED) is 0.548. The molecule has 18 heavy (non-hydrogen) atoms. The Bertz CT molecular complexity index is 552. The number of aryl methyl sites for hydroxylation is 2. The predicted molar refractivity (Wildman–Crippen MR) is 62.3 cm³/mol. The Balaban J connectivity index is 0.000000494. The Labute approximate surface area is 106 Å². The first-order valence-corrected chi connectivity index (χ1v) is 8.27. The zero-order chi connectivity index (χ0) is 14.4. The molecular formula is C8H16N2O6S2. The average Bonchev–Trinajstić information content (AvgIpc) is 2.45. The molecule has 0 amide bonds. The van der Waals surface area contributed by atoms with Gasteiger partial charge in [-0.1, -0.05) is 0 Å². The first kappa shape index (κ1) is 17.0. The second-order valence-corrected chi connectivity index (χ2v) is 6.64. The fourth-order valence-electron chi connectivity index (χ4n) is 1.06. The highest BCUT2D eigenvalue weighted by molar-refractivity contribution is 7.85. The van der Waals surface area contributed by atoms with Gasteiger partial charge >= 0.3 is 0 Å². The van der Waals surface area contributed by atoms with E-state index in [9.17, 15) is 8.42 Å². The Morgan fingerprint density at radius 2 is 1.83 bits per heavy atom. The van der Waals surface area contributed by atoms with Crippen LogP contribution in [-0.4, -0.2) is 42.5 Å². The number of hydrogen-bond donors (Lipinski definition) is 1. The van der Waals surface area contributed by atoms with Gasteiger partial charge in [0, 0.05) is 12.7 Å². The summed E-state index contributed by atoms with van der Waals surface area (Å²) in [5, 5.41) is 0. The van der Waals surface area contributed by atoms with Crippen molar-refractivity contribution < 1.29 is 30.5 Å². The van der Waals surface area contributed by atoms with Gasteiger partial charge in [-0.15, -0.1) is 0 Å².